The van der Waals surface area contributed by atoms with Crippen molar-refractivity contribution in [1.82, 2.24) is 5.32 Å². The second-order valence-corrected chi connectivity index (χ2v) is 7.16. The number of benzene rings is 1. The van der Waals surface area contributed by atoms with E-state index in [4.69, 9.17) is 16.3 Å². The molecule has 20 heavy (non-hydrogen) atoms. The number of rotatable bonds is 5. The molecule has 1 aliphatic heterocycles. The molecule has 0 fully saturated rings. The fourth-order valence-corrected chi connectivity index (χ4v) is 3.03. The van der Waals surface area contributed by atoms with Crippen LogP contribution in [0.1, 0.15) is 38.8 Å². The molecule has 1 aromatic rings. The number of hydrogen-bond donors (Lipinski definition) is 1. The van der Waals surface area contributed by atoms with Gasteiger partial charge in [-0.15, -0.1) is 0 Å². The van der Waals surface area contributed by atoms with Gasteiger partial charge in [-0.05, 0) is 54.1 Å². The lowest BCUT2D eigenvalue weighted by molar-refractivity contribution is 0.230. The Hall–Kier alpha value is -0.730. The molecule has 1 atom stereocenters. The molecule has 0 aromatic heterocycles. The number of fused-ring (bicyclic) bond motifs is 1. The molecule has 2 nitrogen and oxygen atoms in total. The molecule has 0 saturated carbocycles. The maximum atomic E-state index is 6.26. The summed E-state index contributed by atoms with van der Waals surface area (Å²) in [5.74, 6) is 1.65. The Morgan fingerprint density at radius 2 is 2.10 bits per heavy atom. The van der Waals surface area contributed by atoms with Gasteiger partial charge in [0.15, 0.2) is 0 Å². The summed E-state index contributed by atoms with van der Waals surface area (Å²) >= 11 is 6.26. The van der Waals surface area contributed by atoms with E-state index in [2.05, 4.69) is 39.1 Å². The molecule has 0 aliphatic carbocycles. The van der Waals surface area contributed by atoms with Crippen molar-refractivity contribution in [1.29, 1.82) is 0 Å². The molecule has 0 amide bonds. The van der Waals surface area contributed by atoms with Crippen LogP contribution in [0.2, 0.25) is 5.02 Å². The van der Waals surface area contributed by atoms with Crippen molar-refractivity contribution in [2.75, 3.05) is 19.7 Å². The predicted octanol–water partition coefficient (Wildman–Crippen LogP) is 4.09. The molecule has 1 aliphatic rings. The van der Waals surface area contributed by atoms with Crippen molar-refractivity contribution < 1.29 is 4.74 Å². The van der Waals surface area contributed by atoms with Crippen LogP contribution in [0.3, 0.4) is 0 Å². The lowest BCUT2D eigenvalue weighted by Crippen LogP contribution is -2.33. The topological polar surface area (TPSA) is 21.3 Å². The van der Waals surface area contributed by atoms with Gasteiger partial charge in [0.1, 0.15) is 5.75 Å². The van der Waals surface area contributed by atoms with Gasteiger partial charge in [0.05, 0.1) is 6.61 Å². The van der Waals surface area contributed by atoms with Crippen molar-refractivity contribution in [2.45, 2.75) is 40.5 Å². The van der Waals surface area contributed by atoms with Crippen molar-refractivity contribution in [3.05, 3.63) is 28.3 Å². The van der Waals surface area contributed by atoms with Crippen LogP contribution in [-0.2, 0) is 12.8 Å². The Kier molecular flexibility index (Phi) is 4.98. The SMILES string of the molecule is CCNCC(Cc1cc(Cl)cc2c1OCC2)C(C)(C)C. The molecule has 1 unspecified atom stereocenters. The lowest BCUT2D eigenvalue weighted by Gasteiger charge is -2.31. The second kappa shape index (κ2) is 6.36. The normalized spacial score (nSPS) is 15.8. The van der Waals surface area contributed by atoms with Crippen LogP contribution in [0, 0.1) is 11.3 Å². The van der Waals surface area contributed by atoms with E-state index in [1.54, 1.807) is 0 Å². The van der Waals surface area contributed by atoms with Gasteiger partial charge < -0.3 is 10.1 Å². The zero-order valence-corrected chi connectivity index (χ0v) is 13.8. The number of nitrogens with one attached hydrogen (secondary N) is 1. The molecule has 1 heterocycles. The van der Waals surface area contributed by atoms with E-state index in [9.17, 15) is 0 Å². The largest absolute Gasteiger partial charge is 0.493 e. The van der Waals surface area contributed by atoms with Gasteiger partial charge >= 0.3 is 0 Å². The van der Waals surface area contributed by atoms with E-state index in [1.165, 1.54) is 11.1 Å². The summed E-state index contributed by atoms with van der Waals surface area (Å²) in [5.41, 5.74) is 2.79. The minimum atomic E-state index is 0.260. The van der Waals surface area contributed by atoms with Gasteiger partial charge in [0.25, 0.3) is 0 Å². The Balaban J connectivity index is 2.22. The van der Waals surface area contributed by atoms with E-state index in [0.717, 1.165) is 43.3 Å². The fourth-order valence-electron chi connectivity index (χ4n) is 2.77. The van der Waals surface area contributed by atoms with Gasteiger partial charge in [-0.1, -0.05) is 39.3 Å². The minimum Gasteiger partial charge on any atom is -0.493 e. The van der Waals surface area contributed by atoms with Gasteiger partial charge in [0, 0.05) is 11.4 Å². The molecule has 0 bridgehead atoms. The van der Waals surface area contributed by atoms with E-state index >= 15 is 0 Å². The molecular formula is C17H26ClNO. The van der Waals surface area contributed by atoms with E-state index < -0.39 is 0 Å². The number of ether oxygens (including phenoxy) is 1. The van der Waals surface area contributed by atoms with Crippen molar-refractivity contribution in [3.63, 3.8) is 0 Å². The van der Waals surface area contributed by atoms with Crippen LogP contribution in [-0.4, -0.2) is 19.7 Å². The van der Waals surface area contributed by atoms with Crippen LogP contribution in [0.5, 0.6) is 5.75 Å². The van der Waals surface area contributed by atoms with Gasteiger partial charge in [-0.25, -0.2) is 0 Å². The van der Waals surface area contributed by atoms with Crippen molar-refractivity contribution in [2.24, 2.45) is 11.3 Å². The molecule has 3 heteroatoms. The maximum Gasteiger partial charge on any atom is 0.125 e. The first-order valence-corrected chi connectivity index (χ1v) is 7.94. The minimum absolute atomic E-state index is 0.260. The zero-order valence-electron chi connectivity index (χ0n) is 13.1. The Morgan fingerprint density at radius 1 is 1.35 bits per heavy atom. The summed E-state index contributed by atoms with van der Waals surface area (Å²) in [4.78, 5) is 0. The maximum absolute atomic E-state index is 6.26. The molecule has 0 radical (unpaired) electrons. The summed E-state index contributed by atoms with van der Waals surface area (Å²) < 4.78 is 5.82. The van der Waals surface area contributed by atoms with E-state index in [1.807, 2.05) is 6.07 Å². The average Bonchev–Trinajstić information content (AvgIpc) is 2.80. The lowest BCUT2D eigenvalue weighted by atomic mass is 9.77. The summed E-state index contributed by atoms with van der Waals surface area (Å²) in [6, 6.07) is 4.13. The molecular weight excluding hydrogens is 270 g/mol. The van der Waals surface area contributed by atoms with Gasteiger partial charge in [-0.2, -0.15) is 0 Å². The first kappa shape index (κ1) is 15.7. The quantitative estimate of drug-likeness (QED) is 0.883. The third-order valence-electron chi connectivity index (χ3n) is 4.16. The Bertz CT molecular complexity index is 465. The Labute approximate surface area is 127 Å². The smallest absolute Gasteiger partial charge is 0.125 e. The van der Waals surface area contributed by atoms with Crippen molar-refractivity contribution in [3.8, 4) is 5.75 Å². The average molecular weight is 296 g/mol. The van der Waals surface area contributed by atoms with E-state index in [-0.39, 0.29) is 5.41 Å². The van der Waals surface area contributed by atoms with Crippen LogP contribution in [0.25, 0.3) is 0 Å². The molecule has 1 N–H and O–H groups in total. The van der Waals surface area contributed by atoms with E-state index in [0.29, 0.717) is 5.92 Å². The van der Waals surface area contributed by atoms with Gasteiger partial charge in [-0.3, -0.25) is 0 Å². The Morgan fingerprint density at radius 3 is 2.75 bits per heavy atom. The number of hydrogen-bond acceptors (Lipinski definition) is 2. The third-order valence-corrected chi connectivity index (χ3v) is 4.38. The first-order chi connectivity index (χ1) is 9.41. The molecule has 0 spiro atoms. The highest BCUT2D eigenvalue weighted by atomic mass is 35.5. The van der Waals surface area contributed by atoms with Crippen LogP contribution >= 0.6 is 11.6 Å². The molecule has 112 valence electrons. The van der Waals surface area contributed by atoms with Gasteiger partial charge in [0.2, 0.25) is 0 Å². The van der Waals surface area contributed by atoms with Crippen LogP contribution < -0.4 is 10.1 Å². The predicted molar refractivity (Wildman–Crippen MR) is 85.8 cm³/mol. The summed E-state index contributed by atoms with van der Waals surface area (Å²) in [6.45, 7) is 11.9. The zero-order chi connectivity index (χ0) is 14.8. The van der Waals surface area contributed by atoms with Crippen LogP contribution in [0.15, 0.2) is 12.1 Å². The fraction of sp³-hybridized carbons (Fsp3) is 0.647. The van der Waals surface area contributed by atoms with Crippen molar-refractivity contribution >= 4 is 11.6 Å². The highest BCUT2D eigenvalue weighted by Crippen LogP contribution is 2.37. The monoisotopic (exact) mass is 295 g/mol. The first-order valence-electron chi connectivity index (χ1n) is 7.56. The molecule has 0 saturated heterocycles. The molecule has 1 aromatic carbocycles. The summed E-state index contributed by atoms with van der Waals surface area (Å²) in [5, 5.41) is 4.32. The highest BCUT2D eigenvalue weighted by molar-refractivity contribution is 6.30. The summed E-state index contributed by atoms with van der Waals surface area (Å²) in [7, 11) is 0. The second-order valence-electron chi connectivity index (χ2n) is 6.73. The highest BCUT2D eigenvalue weighted by Gasteiger charge is 2.27. The third kappa shape index (κ3) is 3.67. The van der Waals surface area contributed by atoms with Crippen LogP contribution in [0.4, 0.5) is 0 Å². The molecule has 2 rings (SSSR count). The number of halogens is 1. The summed E-state index contributed by atoms with van der Waals surface area (Å²) in [6.07, 6.45) is 2.00. The standard InChI is InChI=1S/C17H26ClNO/c1-5-19-11-14(17(2,3)4)8-13-10-15(18)9-12-6-7-20-16(12)13/h9-10,14,19H,5-8,11H2,1-4H3.